The van der Waals surface area contributed by atoms with Gasteiger partial charge in [-0.3, -0.25) is 4.68 Å². The van der Waals surface area contributed by atoms with Crippen LogP contribution in [0.3, 0.4) is 0 Å². The molecule has 1 unspecified atom stereocenters. The van der Waals surface area contributed by atoms with Crippen molar-refractivity contribution >= 4 is 11.5 Å². The standard InChI is InChI=1S/C14H27N5/c1-10(2)13-12(15)14(18(5)16-13)19-8-6-7-11(9-19)17(3)4/h10-11H,6-9,15H2,1-5H3. The SMILES string of the molecule is CC(C)c1nn(C)c(N2CCCC(N(C)C)C2)c1N. The second-order valence-electron chi connectivity index (χ2n) is 6.11. The van der Waals surface area contributed by atoms with Gasteiger partial charge in [-0.25, -0.2) is 0 Å². The molecule has 1 aromatic heterocycles. The maximum Gasteiger partial charge on any atom is 0.150 e. The number of hydrogen-bond donors (Lipinski definition) is 1. The van der Waals surface area contributed by atoms with Gasteiger partial charge in [0.25, 0.3) is 0 Å². The summed E-state index contributed by atoms with van der Waals surface area (Å²) in [6, 6.07) is 0.602. The Bertz CT molecular complexity index is 435. The minimum absolute atomic E-state index is 0.370. The minimum atomic E-state index is 0.370. The number of rotatable bonds is 3. The molecule has 1 fully saturated rings. The first-order chi connectivity index (χ1) is 8.91. The topological polar surface area (TPSA) is 50.3 Å². The van der Waals surface area contributed by atoms with Crippen molar-refractivity contribution in [1.82, 2.24) is 14.7 Å². The third-order valence-electron chi connectivity index (χ3n) is 4.05. The Kier molecular flexibility index (Phi) is 4.04. The summed E-state index contributed by atoms with van der Waals surface area (Å²) in [6.45, 7) is 6.39. The highest BCUT2D eigenvalue weighted by Gasteiger charge is 2.26. The molecule has 0 saturated carbocycles. The molecule has 5 nitrogen and oxygen atoms in total. The van der Waals surface area contributed by atoms with Crippen LogP contribution in [0, 0.1) is 0 Å². The summed E-state index contributed by atoms with van der Waals surface area (Å²) in [7, 11) is 6.30. The molecule has 1 aliphatic heterocycles. The van der Waals surface area contributed by atoms with E-state index in [-0.39, 0.29) is 0 Å². The molecular weight excluding hydrogens is 238 g/mol. The summed E-state index contributed by atoms with van der Waals surface area (Å²) >= 11 is 0. The average molecular weight is 265 g/mol. The molecule has 1 aromatic rings. The number of nitrogens with zero attached hydrogens (tertiary/aromatic N) is 4. The Hall–Kier alpha value is -1.23. The van der Waals surface area contributed by atoms with Gasteiger partial charge < -0.3 is 15.5 Å². The molecule has 0 bridgehead atoms. The van der Waals surface area contributed by atoms with Gasteiger partial charge in [0.1, 0.15) is 5.82 Å². The van der Waals surface area contributed by atoms with Gasteiger partial charge in [0, 0.05) is 26.2 Å². The molecule has 0 aromatic carbocycles. The largest absolute Gasteiger partial charge is 0.394 e. The summed E-state index contributed by atoms with van der Waals surface area (Å²) in [5.41, 5.74) is 8.20. The lowest BCUT2D eigenvalue weighted by Gasteiger charge is -2.37. The third-order valence-corrected chi connectivity index (χ3v) is 4.05. The van der Waals surface area contributed by atoms with Gasteiger partial charge in [-0.05, 0) is 32.9 Å². The first-order valence-electron chi connectivity index (χ1n) is 7.15. The van der Waals surface area contributed by atoms with Crippen molar-refractivity contribution in [1.29, 1.82) is 0 Å². The molecule has 1 atom stereocenters. The van der Waals surface area contributed by atoms with Crippen LogP contribution in [-0.2, 0) is 7.05 Å². The van der Waals surface area contributed by atoms with Crippen LogP contribution in [0.4, 0.5) is 11.5 Å². The van der Waals surface area contributed by atoms with E-state index in [9.17, 15) is 0 Å². The summed E-state index contributed by atoms with van der Waals surface area (Å²) < 4.78 is 1.95. The monoisotopic (exact) mass is 265 g/mol. The number of aryl methyl sites for hydroxylation is 1. The van der Waals surface area contributed by atoms with Crippen molar-refractivity contribution in [2.24, 2.45) is 7.05 Å². The molecule has 1 aliphatic rings. The predicted molar refractivity (Wildman–Crippen MR) is 80.6 cm³/mol. The zero-order valence-corrected chi connectivity index (χ0v) is 12.8. The Morgan fingerprint density at radius 1 is 1.37 bits per heavy atom. The number of piperidine rings is 1. The Morgan fingerprint density at radius 2 is 2.05 bits per heavy atom. The first-order valence-corrected chi connectivity index (χ1v) is 7.15. The lowest BCUT2D eigenvalue weighted by Crippen LogP contribution is -2.46. The fraction of sp³-hybridized carbons (Fsp3) is 0.786. The van der Waals surface area contributed by atoms with Gasteiger partial charge in [0.15, 0.2) is 0 Å². The average Bonchev–Trinajstić information content (AvgIpc) is 2.65. The van der Waals surface area contributed by atoms with Crippen molar-refractivity contribution in [3.63, 3.8) is 0 Å². The predicted octanol–water partition coefficient (Wildman–Crippen LogP) is 1.66. The Morgan fingerprint density at radius 3 is 2.58 bits per heavy atom. The van der Waals surface area contributed by atoms with Crippen LogP contribution in [0.25, 0.3) is 0 Å². The van der Waals surface area contributed by atoms with Crippen molar-refractivity contribution in [3.8, 4) is 0 Å². The number of aromatic nitrogens is 2. The van der Waals surface area contributed by atoms with E-state index in [1.165, 1.54) is 12.8 Å². The van der Waals surface area contributed by atoms with E-state index in [0.29, 0.717) is 12.0 Å². The van der Waals surface area contributed by atoms with Crippen molar-refractivity contribution < 1.29 is 0 Å². The van der Waals surface area contributed by atoms with E-state index >= 15 is 0 Å². The number of nitrogen functional groups attached to an aromatic ring is 1. The highest BCUT2D eigenvalue weighted by molar-refractivity contribution is 5.67. The molecule has 2 N–H and O–H groups in total. The molecule has 2 rings (SSSR count). The van der Waals surface area contributed by atoms with Crippen LogP contribution in [0.2, 0.25) is 0 Å². The van der Waals surface area contributed by atoms with Gasteiger partial charge in [0.2, 0.25) is 0 Å². The van der Waals surface area contributed by atoms with Gasteiger partial charge in [-0.2, -0.15) is 5.10 Å². The zero-order chi connectivity index (χ0) is 14.2. The van der Waals surface area contributed by atoms with Gasteiger partial charge >= 0.3 is 0 Å². The van der Waals surface area contributed by atoms with E-state index < -0.39 is 0 Å². The van der Waals surface area contributed by atoms with Crippen LogP contribution in [-0.4, -0.2) is 47.9 Å². The molecule has 1 saturated heterocycles. The van der Waals surface area contributed by atoms with Crippen LogP contribution < -0.4 is 10.6 Å². The van der Waals surface area contributed by atoms with Crippen LogP contribution in [0.1, 0.15) is 38.3 Å². The third kappa shape index (κ3) is 2.71. The van der Waals surface area contributed by atoms with Crippen LogP contribution in [0.5, 0.6) is 0 Å². The summed E-state index contributed by atoms with van der Waals surface area (Å²) in [4.78, 5) is 4.70. The summed E-state index contributed by atoms with van der Waals surface area (Å²) in [5, 5.41) is 4.59. The van der Waals surface area contributed by atoms with E-state index in [4.69, 9.17) is 5.73 Å². The highest BCUT2D eigenvalue weighted by atomic mass is 15.4. The fourth-order valence-electron chi connectivity index (χ4n) is 2.92. The van der Waals surface area contributed by atoms with E-state index in [0.717, 1.165) is 30.3 Å². The molecule has 0 radical (unpaired) electrons. The molecular formula is C14H27N5. The molecule has 2 heterocycles. The summed E-state index contributed by atoms with van der Waals surface area (Å²) in [6.07, 6.45) is 2.47. The van der Waals surface area contributed by atoms with Crippen molar-refractivity contribution in [2.45, 2.75) is 38.6 Å². The van der Waals surface area contributed by atoms with E-state index in [2.05, 4.69) is 42.8 Å². The number of hydrogen-bond acceptors (Lipinski definition) is 4. The summed E-state index contributed by atoms with van der Waals surface area (Å²) in [5.74, 6) is 1.46. The minimum Gasteiger partial charge on any atom is -0.394 e. The normalized spacial score (nSPS) is 20.6. The molecule has 5 heteroatoms. The fourth-order valence-corrected chi connectivity index (χ4v) is 2.92. The smallest absolute Gasteiger partial charge is 0.150 e. The van der Waals surface area contributed by atoms with Gasteiger partial charge in [-0.1, -0.05) is 13.8 Å². The van der Waals surface area contributed by atoms with E-state index in [1.54, 1.807) is 0 Å². The lowest BCUT2D eigenvalue weighted by molar-refractivity contribution is 0.257. The van der Waals surface area contributed by atoms with Gasteiger partial charge in [0.05, 0.1) is 11.4 Å². The molecule has 108 valence electrons. The maximum atomic E-state index is 6.32. The number of anilines is 2. The zero-order valence-electron chi connectivity index (χ0n) is 12.8. The highest BCUT2D eigenvalue weighted by Crippen LogP contribution is 2.32. The van der Waals surface area contributed by atoms with E-state index in [1.807, 2.05) is 11.7 Å². The second kappa shape index (κ2) is 5.41. The molecule has 0 spiro atoms. The number of nitrogens with two attached hydrogens (primary N) is 1. The Balaban J connectivity index is 2.26. The molecule has 19 heavy (non-hydrogen) atoms. The molecule has 0 amide bonds. The van der Waals surface area contributed by atoms with Crippen LogP contribution in [0.15, 0.2) is 0 Å². The quantitative estimate of drug-likeness (QED) is 0.903. The number of likely N-dealkylation sites (N-methyl/N-ethyl adjacent to an activating group) is 1. The second-order valence-corrected chi connectivity index (χ2v) is 6.11. The Labute approximate surface area is 116 Å². The molecule has 0 aliphatic carbocycles. The van der Waals surface area contributed by atoms with Crippen molar-refractivity contribution in [3.05, 3.63) is 5.69 Å². The van der Waals surface area contributed by atoms with Gasteiger partial charge in [-0.15, -0.1) is 0 Å². The maximum absolute atomic E-state index is 6.32. The van der Waals surface area contributed by atoms with Crippen LogP contribution >= 0.6 is 0 Å². The lowest BCUT2D eigenvalue weighted by atomic mass is 10.0. The first kappa shape index (κ1) is 14.2. The van der Waals surface area contributed by atoms with Crippen molar-refractivity contribution in [2.75, 3.05) is 37.8 Å².